The van der Waals surface area contributed by atoms with Crippen molar-refractivity contribution in [2.45, 2.75) is 25.7 Å². The molecule has 2 rings (SSSR count). The van der Waals surface area contributed by atoms with Gasteiger partial charge in [-0.1, -0.05) is 31.0 Å². The van der Waals surface area contributed by atoms with Gasteiger partial charge in [-0.05, 0) is 30.9 Å². The van der Waals surface area contributed by atoms with Crippen molar-refractivity contribution in [3.8, 4) is 0 Å². The Bertz CT molecular complexity index is 262. The molecule has 0 aliphatic heterocycles. The second-order valence-electron chi connectivity index (χ2n) is 4.37. The Morgan fingerprint density at radius 1 is 1.14 bits per heavy atom. The summed E-state index contributed by atoms with van der Waals surface area (Å²) >= 11 is 0. The van der Waals surface area contributed by atoms with Crippen LogP contribution >= 0.6 is 0 Å². The van der Waals surface area contributed by atoms with Gasteiger partial charge >= 0.3 is 0 Å². The molecule has 1 aromatic carbocycles. The maximum Gasteiger partial charge on any atom is 0.0363 e. The SMILES string of the molecule is CN(CC1CCCC1)c1ccccc1. The molecule has 0 unspecified atom stereocenters. The van der Waals surface area contributed by atoms with Crippen LogP contribution in [0.3, 0.4) is 0 Å². The molecule has 0 heterocycles. The molecule has 76 valence electrons. The van der Waals surface area contributed by atoms with Gasteiger partial charge < -0.3 is 4.90 Å². The maximum atomic E-state index is 2.38. The largest absolute Gasteiger partial charge is 0.374 e. The highest BCUT2D eigenvalue weighted by molar-refractivity contribution is 5.44. The zero-order valence-corrected chi connectivity index (χ0v) is 8.95. The number of hydrogen-bond donors (Lipinski definition) is 0. The van der Waals surface area contributed by atoms with Crippen molar-refractivity contribution in [1.82, 2.24) is 0 Å². The summed E-state index contributed by atoms with van der Waals surface area (Å²) in [5, 5.41) is 0. The summed E-state index contributed by atoms with van der Waals surface area (Å²) < 4.78 is 0. The van der Waals surface area contributed by atoms with Crippen molar-refractivity contribution < 1.29 is 0 Å². The third kappa shape index (κ3) is 2.28. The Kier molecular flexibility index (Phi) is 3.07. The molecule has 1 aliphatic rings. The smallest absolute Gasteiger partial charge is 0.0363 e. The molecule has 0 N–H and O–H groups in total. The third-order valence-corrected chi connectivity index (χ3v) is 3.20. The number of nitrogens with zero attached hydrogens (tertiary/aromatic N) is 1. The van der Waals surface area contributed by atoms with Gasteiger partial charge in [-0.15, -0.1) is 0 Å². The van der Waals surface area contributed by atoms with Gasteiger partial charge in [0.1, 0.15) is 0 Å². The zero-order valence-electron chi connectivity index (χ0n) is 8.95. The summed E-state index contributed by atoms with van der Waals surface area (Å²) in [6, 6.07) is 10.7. The minimum atomic E-state index is 0.931. The molecule has 0 spiro atoms. The van der Waals surface area contributed by atoms with Crippen molar-refractivity contribution in [1.29, 1.82) is 0 Å². The van der Waals surface area contributed by atoms with Crippen LogP contribution in [0.2, 0.25) is 0 Å². The number of anilines is 1. The average molecular weight is 189 g/mol. The van der Waals surface area contributed by atoms with E-state index in [2.05, 4.69) is 42.3 Å². The normalized spacial score (nSPS) is 17.2. The molecular weight excluding hydrogens is 170 g/mol. The molecule has 0 radical (unpaired) electrons. The van der Waals surface area contributed by atoms with E-state index in [-0.39, 0.29) is 0 Å². The highest BCUT2D eigenvalue weighted by Gasteiger charge is 2.16. The molecule has 0 saturated heterocycles. The Balaban J connectivity index is 1.92. The van der Waals surface area contributed by atoms with E-state index in [1.54, 1.807) is 0 Å². The maximum absolute atomic E-state index is 2.38. The number of benzene rings is 1. The van der Waals surface area contributed by atoms with E-state index in [0.29, 0.717) is 0 Å². The molecular formula is C13H19N. The predicted molar refractivity (Wildman–Crippen MR) is 61.7 cm³/mol. The van der Waals surface area contributed by atoms with Gasteiger partial charge in [-0.3, -0.25) is 0 Å². The zero-order chi connectivity index (χ0) is 9.80. The van der Waals surface area contributed by atoms with Crippen LogP contribution in [0, 0.1) is 5.92 Å². The van der Waals surface area contributed by atoms with Crippen LogP contribution in [0.1, 0.15) is 25.7 Å². The third-order valence-electron chi connectivity index (χ3n) is 3.20. The predicted octanol–water partition coefficient (Wildman–Crippen LogP) is 3.31. The highest BCUT2D eigenvalue weighted by Crippen LogP contribution is 2.26. The highest BCUT2D eigenvalue weighted by atomic mass is 15.1. The lowest BCUT2D eigenvalue weighted by molar-refractivity contribution is 0.547. The summed E-state index contributed by atoms with van der Waals surface area (Å²) in [5.41, 5.74) is 1.35. The summed E-state index contributed by atoms with van der Waals surface area (Å²) in [6.07, 6.45) is 5.73. The summed E-state index contributed by atoms with van der Waals surface area (Å²) in [5.74, 6) is 0.931. The minimum absolute atomic E-state index is 0.931. The molecule has 0 amide bonds. The molecule has 0 bridgehead atoms. The summed E-state index contributed by atoms with van der Waals surface area (Å²) in [4.78, 5) is 2.38. The molecule has 1 heteroatoms. The van der Waals surface area contributed by atoms with E-state index >= 15 is 0 Å². The van der Waals surface area contributed by atoms with Crippen LogP contribution in [-0.2, 0) is 0 Å². The van der Waals surface area contributed by atoms with Crippen molar-refractivity contribution in [2.24, 2.45) is 5.92 Å². The molecule has 1 aromatic rings. The average Bonchev–Trinajstić information content (AvgIpc) is 2.72. The van der Waals surface area contributed by atoms with Gasteiger partial charge in [0.25, 0.3) is 0 Å². The molecule has 1 saturated carbocycles. The fourth-order valence-corrected chi connectivity index (χ4v) is 2.37. The van der Waals surface area contributed by atoms with Crippen LogP contribution < -0.4 is 4.90 Å². The monoisotopic (exact) mass is 189 g/mol. The lowest BCUT2D eigenvalue weighted by Gasteiger charge is -2.22. The summed E-state index contributed by atoms with van der Waals surface area (Å²) in [6.45, 7) is 1.23. The molecule has 1 aliphatic carbocycles. The van der Waals surface area contributed by atoms with Crippen molar-refractivity contribution in [2.75, 3.05) is 18.5 Å². The van der Waals surface area contributed by atoms with E-state index in [1.807, 2.05) is 0 Å². The van der Waals surface area contributed by atoms with E-state index in [0.717, 1.165) is 5.92 Å². The number of para-hydroxylation sites is 1. The van der Waals surface area contributed by atoms with Crippen LogP contribution in [0.4, 0.5) is 5.69 Å². The Hall–Kier alpha value is -0.980. The fourth-order valence-electron chi connectivity index (χ4n) is 2.37. The standard InChI is InChI=1S/C13H19N/c1-14(11-12-7-5-6-8-12)13-9-3-2-4-10-13/h2-4,9-10,12H,5-8,11H2,1H3. The number of rotatable bonds is 3. The van der Waals surface area contributed by atoms with Gasteiger partial charge in [0.15, 0.2) is 0 Å². The van der Waals surface area contributed by atoms with E-state index < -0.39 is 0 Å². The van der Waals surface area contributed by atoms with Crippen LogP contribution in [0.5, 0.6) is 0 Å². The lowest BCUT2D eigenvalue weighted by Crippen LogP contribution is -2.23. The fraction of sp³-hybridized carbons (Fsp3) is 0.538. The Morgan fingerprint density at radius 2 is 1.79 bits per heavy atom. The quantitative estimate of drug-likeness (QED) is 0.705. The van der Waals surface area contributed by atoms with Crippen LogP contribution in [0.15, 0.2) is 30.3 Å². The minimum Gasteiger partial charge on any atom is -0.374 e. The van der Waals surface area contributed by atoms with Gasteiger partial charge in [-0.25, -0.2) is 0 Å². The van der Waals surface area contributed by atoms with E-state index in [1.165, 1.54) is 37.9 Å². The van der Waals surface area contributed by atoms with Crippen molar-refractivity contribution in [3.05, 3.63) is 30.3 Å². The van der Waals surface area contributed by atoms with Gasteiger partial charge in [0, 0.05) is 19.3 Å². The van der Waals surface area contributed by atoms with Crippen molar-refractivity contribution in [3.63, 3.8) is 0 Å². The van der Waals surface area contributed by atoms with E-state index in [4.69, 9.17) is 0 Å². The molecule has 14 heavy (non-hydrogen) atoms. The molecule has 0 aromatic heterocycles. The van der Waals surface area contributed by atoms with Crippen LogP contribution in [-0.4, -0.2) is 13.6 Å². The Labute approximate surface area is 86.7 Å². The first-order valence-electron chi connectivity index (χ1n) is 5.62. The van der Waals surface area contributed by atoms with Gasteiger partial charge in [0.05, 0.1) is 0 Å². The number of hydrogen-bond acceptors (Lipinski definition) is 1. The first-order valence-corrected chi connectivity index (χ1v) is 5.62. The van der Waals surface area contributed by atoms with Crippen molar-refractivity contribution >= 4 is 5.69 Å². The molecule has 0 atom stereocenters. The Morgan fingerprint density at radius 3 is 2.43 bits per heavy atom. The first-order chi connectivity index (χ1) is 6.86. The van der Waals surface area contributed by atoms with Crippen LogP contribution in [0.25, 0.3) is 0 Å². The molecule has 1 fully saturated rings. The second kappa shape index (κ2) is 4.50. The topological polar surface area (TPSA) is 3.24 Å². The van der Waals surface area contributed by atoms with E-state index in [9.17, 15) is 0 Å². The summed E-state index contributed by atoms with van der Waals surface area (Å²) in [7, 11) is 2.20. The first kappa shape index (κ1) is 9.57. The molecule has 1 nitrogen and oxygen atoms in total. The second-order valence-corrected chi connectivity index (χ2v) is 4.37. The van der Waals surface area contributed by atoms with Gasteiger partial charge in [0.2, 0.25) is 0 Å². The van der Waals surface area contributed by atoms with Gasteiger partial charge in [-0.2, -0.15) is 0 Å². The lowest BCUT2D eigenvalue weighted by atomic mass is 10.1.